The Kier molecular flexibility index (Phi) is 3.61. The molecule has 108 valence electrons. The topological polar surface area (TPSA) is 114 Å². The van der Waals surface area contributed by atoms with Crippen molar-refractivity contribution in [2.24, 2.45) is 0 Å². The first-order chi connectivity index (χ1) is 9.67. The number of aromatic nitrogens is 4. The minimum Gasteiger partial charge on any atom is -0.394 e. The fourth-order valence-electron chi connectivity index (χ4n) is 2.30. The van der Waals surface area contributed by atoms with Crippen molar-refractivity contribution in [1.29, 1.82) is 0 Å². The van der Waals surface area contributed by atoms with Gasteiger partial charge in [0, 0.05) is 0 Å². The van der Waals surface area contributed by atoms with E-state index in [9.17, 15) is 10.2 Å². The van der Waals surface area contributed by atoms with Crippen LogP contribution in [0.2, 0.25) is 0 Å². The van der Waals surface area contributed by atoms with E-state index in [2.05, 4.69) is 15.0 Å². The normalized spacial score (nSPS) is 30.2. The number of nitrogens with zero attached hydrogens (tertiary/aromatic N) is 4. The van der Waals surface area contributed by atoms with Gasteiger partial charge in [0.2, 0.25) is 0 Å². The quantitative estimate of drug-likeness (QED) is 0.496. The molecule has 1 saturated heterocycles. The smallest absolute Gasteiger partial charge is 0.182 e. The van der Waals surface area contributed by atoms with Crippen LogP contribution in [0.25, 0.3) is 11.2 Å². The third-order valence-corrected chi connectivity index (χ3v) is 4.00. The first kappa shape index (κ1) is 13.7. The highest BCUT2D eigenvalue weighted by atomic mass is 32.2. The van der Waals surface area contributed by atoms with Gasteiger partial charge >= 0.3 is 0 Å². The number of ether oxygens (including phenoxy) is 1. The molecule has 4 atom stereocenters. The molecular weight excluding hydrogens is 284 g/mol. The molecule has 1 aliphatic heterocycles. The van der Waals surface area contributed by atoms with Gasteiger partial charge in [-0.1, -0.05) is 0 Å². The molecule has 0 amide bonds. The summed E-state index contributed by atoms with van der Waals surface area (Å²) in [5, 5.41) is 29.7. The van der Waals surface area contributed by atoms with Crippen molar-refractivity contribution in [1.82, 2.24) is 19.5 Å². The van der Waals surface area contributed by atoms with Gasteiger partial charge in [-0.15, -0.1) is 11.8 Å². The molecule has 2 aromatic heterocycles. The molecule has 0 aromatic carbocycles. The third-order valence-electron chi connectivity index (χ3n) is 3.32. The van der Waals surface area contributed by atoms with Gasteiger partial charge in [-0.25, -0.2) is 15.0 Å². The van der Waals surface area contributed by atoms with Gasteiger partial charge < -0.3 is 20.1 Å². The number of rotatable bonds is 3. The fraction of sp³-hybridized carbons (Fsp3) is 0.545. The van der Waals surface area contributed by atoms with Gasteiger partial charge in [-0.05, 0) is 6.26 Å². The van der Waals surface area contributed by atoms with Crippen LogP contribution in [-0.4, -0.2) is 66.0 Å². The zero-order valence-corrected chi connectivity index (χ0v) is 11.4. The van der Waals surface area contributed by atoms with E-state index >= 15 is 0 Å². The van der Waals surface area contributed by atoms with Crippen molar-refractivity contribution >= 4 is 22.9 Å². The highest BCUT2D eigenvalue weighted by molar-refractivity contribution is 7.98. The number of hydrogen-bond acceptors (Lipinski definition) is 8. The monoisotopic (exact) mass is 298 g/mol. The molecule has 1 aliphatic rings. The van der Waals surface area contributed by atoms with Crippen molar-refractivity contribution < 1.29 is 20.1 Å². The van der Waals surface area contributed by atoms with Gasteiger partial charge in [0.05, 0.1) is 12.9 Å². The highest BCUT2D eigenvalue weighted by Gasteiger charge is 2.44. The van der Waals surface area contributed by atoms with Gasteiger partial charge in [0.15, 0.2) is 11.9 Å². The molecule has 0 saturated carbocycles. The second-order valence-electron chi connectivity index (χ2n) is 4.44. The van der Waals surface area contributed by atoms with E-state index in [1.807, 2.05) is 6.26 Å². The summed E-state index contributed by atoms with van der Waals surface area (Å²) in [6.45, 7) is -0.368. The van der Waals surface area contributed by atoms with Crippen LogP contribution in [0.5, 0.6) is 0 Å². The lowest BCUT2D eigenvalue weighted by Gasteiger charge is -2.17. The van der Waals surface area contributed by atoms with Gasteiger partial charge in [0.1, 0.15) is 35.2 Å². The lowest BCUT2D eigenvalue weighted by Crippen LogP contribution is -2.33. The van der Waals surface area contributed by atoms with Crippen LogP contribution in [0, 0.1) is 0 Å². The van der Waals surface area contributed by atoms with E-state index in [-0.39, 0.29) is 6.61 Å². The molecule has 0 radical (unpaired) electrons. The zero-order valence-electron chi connectivity index (χ0n) is 10.6. The Balaban J connectivity index is 2.07. The highest BCUT2D eigenvalue weighted by Crippen LogP contribution is 2.33. The molecule has 3 heterocycles. The Morgan fingerprint density at radius 2 is 2.10 bits per heavy atom. The molecule has 8 nitrogen and oxygen atoms in total. The number of aliphatic hydroxyl groups excluding tert-OH is 3. The average molecular weight is 298 g/mol. The van der Waals surface area contributed by atoms with Gasteiger partial charge in [-0.3, -0.25) is 4.57 Å². The summed E-state index contributed by atoms with van der Waals surface area (Å²) in [4.78, 5) is 12.4. The SMILES string of the molecule is CSc1ncnc2ncn([C@@H]3O[C@@H](CO)[C@@H](O)[C@H]3O)c12. The zero-order chi connectivity index (χ0) is 14.3. The summed E-state index contributed by atoms with van der Waals surface area (Å²) in [5.41, 5.74) is 1.12. The standard InChI is InChI=1S/C11H14N4O4S/c1-20-10-6-9(12-3-13-10)14-4-15(6)11-8(18)7(17)5(2-16)19-11/h3-5,7-8,11,16-18H,2H2,1H3/t5-,7+,8+,11+/m0/s1. The predicted octanol–water partition coefficient (Wildman–Crippen LogP) is -0.840. The molecule has 0 aliphatic carbocycles. The molecule has 3 rings (SSSR count). The van der Waals surface area contributed by atoms with Crippen LogP contribution in [0.3, 0.4) is 0 Å². The Bertz CT molecular complexity index is 621. The molecular formula is C11H14N4O4S. The second kappa shape index (κ2) is 5.26. The third kappa shape index (κ3) is 1.98. The van der Waals surface area contributed by atoms with Crippen molar-refractivity contribution in [2.45, 2.75) is 29.6 Å². The average Bonchev–Trinajstić information content (AvgIpc) is 3.01. The van der Waals surface area contributed by atoms with Crippen LogP contribution >= 0.6 is 11.8 Å². The Morgan fingerprint density at radius 3 is 2.75 bits per heavy atom. The maximum absolute atomic E-state index is 10.1. The van der Waals surface area contributed by atoms with E-state index in [0.29, 0.717) is 16.2 Å². The minimum absolute atomic E-state index is 0.368. The molecule has 20 heavy (non-hydrogen) atoms. The summed E-state index contributed by atoms with van der Waals surface area (Å²) in [5.74, 6) is 0. The van der Waals surface area contributed by atoms with E-state index in [0.717, 1.165) is 0 Å². The second-order valence-corrected chi connectivity index (χ2v) is 5.23. The van der Waals surface area contributed by atoms with Gasteiger partial charge in [0.25, 0.3) is 0 Å². The fourth-order valence-corrected chi connectivity index (χ4v) is 2.84. The van der Waals surface area contributed by atoms with Gasteiger partial charge in [-0.2, -0.15) is 0 Å². The first-order valence-electron chi connectivity index (χ1n) is 6.01. The summed E-state index contributed by atoms with van der Waals surface area (Å²) < 4.78 is 7.08. The summed E-state index contributed by atoms with van der Waals surface area (Å²) in [6, 6.07) is 0. The van der Waals surface area contributed by atoms with E-state index in [1.165, 1.54) is 24.4 Å². The lowest BCUT2D eigenvalue weighted by molar-refractivity contribution is -0.0510. The van der Waals surface area contributed by atoms with E-state index < -0.39 is 24.5 Å². The van der Waals surface area contributed by atoms with Crippen LogP contribution < -0.4 is 0 Å². The molecule has 3 N–H and O–H groups in total. The van der Waals surface area contributed by atoms with Crippen LogP contribution in [0.4, 0.5) is 0 Å². The molecule has 0 spiro atoms. The summed E-state index contributed by atoms with van der Waals surface area (Å²) in [7, 11) is 0. The molecule has 0 bridgehead atoms. The Hall–Kier alpha value is -1.26. The van der Waals surface area contributed by atoms with Crippen molar-refractivity contribution in [3.05, 3.63) is 12.7 Å². The van der Waals surface area contributed by atoms with Crippen molar-refractivity contribution in [2.75, 3.05) is 12.9 Å². The largest absolute Gasteiger partial charge is 0.394 e. The molecule has 1 fully saturated rings. The number of hydrogen-bond donors (Lipinski definition) is 3. The maximum atomic E-state index is 10.1. The number of aliphatic hydroxyl groups is 3. The summed E-state index contributed by atoms with van der Waals surface area (Å²) >= 11 is 1.42. The summed E-state index contributed by atoms with van der Waals surface area (Å²) in [6.07, 6.45) is 0.821. The first-order valence-corrected chi connectivity index (χ1v) is 7.23. The predicted molar refractivity (Wildman–Crippen MR) is 70.1 cm³/mol. The van der Waals surface area contributed by atoms with Crippen molar-refractivity contribution in [3.8, 4) is 0 Å². The Morgan fingerprint density at radius 1 is 1.30 bits per heavy atom. The van der Waals surface area contributed by atoms with Crippen LogP contribution in [0.15, 0.2) is 17.7 Å². The van der Waals surface area contributed by atoms with Crippen LogP contribution in [0.1, 0.15) is 6.23 Å². The minimum atomic E-state index is -1.15. The van der Waals surface area contributed by atoms with Crippen LogP contribution in [-0.2, 0) is 4.74 Å². The lowest BCUT2D eigenvalue weighted by atomic mass is 10.1. The number of thioether (sulfide) groups is 1. The van der Waals surface area contributed by atoms with E-state index in [1.54, 1.807) is 4.57 Å². The Labute approximate surface area is 118 Å². The van der Waals surface area contributed by atoms with Crippen molar-refractivity contribution in [3.63, 3.8) is 0 Å². The molecule has 0 unspecified atom stereocenters. The molecule has 2 aromatic rings. The number of fused-ring (bicyclic) bond motifs is 1. The molecule has 9 heteroatoms. The number of imidazole rings is 1. The maximum Gasteiger partial charge on any atom is 0.182 e. The van der Waals surface area contributed by atoms with E-state index in [4.69, 9.17) is 9.84 Å².